The summed E-state index contributed by atoms with van der Waals surface area (Å²) in [5.41, 5.74) is 0. The fraction of sp³-hybridized carbons (Fsp3) is 0.455. The smallest absolute Gasteiger partial charge is 0.261 e. The van der Waals surface area contributed by atoms with Crippen LogP contribution >= 0.6 is 0 Å². The van der Waals surface area contributed by atoms with E-state index in [4.69, 9.17) is 9.47 Å². The number of hydrogen-bond donors (Lipinski definition) is 0. The quantitative estimate of drug-likeness (QED) is 0.714. The van der Waals surface area contributed by atoms with E-state index in [1.165, 1.54) is 0 Å². The van der Waals surface area contributed by atoms with Gasteiger partial charge < -0.3 is 14.4 Å². The summed E-state index contributed by atoms with van der Waals surface area (Å²) in [4.78, 5) is 2.05. The van der Waals surface area contributed by atoms with E-state index in [2.05, 4.69) is 0 Å². The fourth-order valence-electron chi connectivity index (χ4n) is 1.74. The van der Waals surface area contributed by atoms with E-state index in [1.807, 2.05) is 50.2 Å². The summed E-state index contributed by atoms with van der Waals surface area (Å²) in [5.74, 6) is 1.11. The molecular weight excluding hydrogens is 178 g/mol. The Hall–Kier alpha value is -1.22. The summed E-state index contributed by atoms with van der Waals surface area (Å²) in [5, 5.41) is 0. The lowest BCUT2D eigenvalue weighted by Gasteiger charge is -2.26. The topological polar surface area (TPSA) is 21.7 Å². The molecule has 0 saturated carbocycles. The molecule has 1 aromatic rings. The minimum absolute atomic E-state index is 0.548. The summed E-state index contributed by atoms with van der Waals surface area (Å²) >= 11 is 0. The Balaban J connectivity index is 2.17. The van der Waals surface area contributed by atoms with Crippen molar-refractivity contribution >= 4 is 0 Å². The second kappa shape index (κ2) is 3.17. The maximum absolute atomic E-state index is 5.74. The molecule has 3 nitrogen and oxygen atoms in total. The van der Waals surface area contributed by atoms with E-state index in [9.17, 15) is 0 Å². The predicted molar refractivity (Wildman–Crippen MR) is 54.7 cm³/mol. The van der Waals surface area contributed by atoms with Crippen molar-refractivity contribution in [3.05, 3.63) is 24.3 Å². The van der Waals surface area contributed by atoms with Gasteiger partial charge in [0, 0.05) is 6.92 Å². The zero-order valence-electron chi connectivity index (χ0n) is 8.78. The summed E-state index contributed by atoms with van der Waals surface area (Å²) in [7, 11) is 4.00. The molecule has 76 valence electrons. The van der Waals surface area contributed by atoms with Gasteiger partial charge in [-0.3, -0.25) is 0 Å². The first kappa shape index (κ1) is 9.34. The molecule has 0 N–H and O–H groups in total. The van der Waals surface area contributed by atoms with Crippen LogP contribution in [0.1, 0.15) is 6.92 Å². The first-order chi connectivity index (χ1) is 6.59. The number of hydrogen-bond acceptors (Lipinski definition) is 3. The summed E-state index contributed by atoms with van der Waals surface area (Å²) in [6.07, 6.45) is 0. The van der Waals surface area contributed by atoms with Crippen LogP contribution in [0.2, 0.25) is 0 Å². The lowest BCUT2D eigenvalue weighted by molar-refractivity contribution is -0.0766. The standard InChI is InChI=1S/C11H15NO2/c1-11(8-12(2)3)13-9-6-4-5-7-10(9)14-11/h4-7H,8H2,1-3H3. The van der Waals surface area contributed by atoms with Crippen molar-refractivity contribution in [1.82, 2.24) is 4.90 Å². The third kappa shape index (κ3) is 1.68. The molecule has 0 unspecified atom stereocenters. The van der Waals surface area contributed by atoms with Gasteiger partial charge in [0.15, 0.2) is 11.5 Å². The van der Waals surface area contributed by atoms with Crippen molar-refractivity contribution in [2.45, 2.75) is 12.7 Å². The van der Waals surface area contributed by atoms with Crippen molar-refractivity contribution < 1.29 is 9.47 Å². The molecule has 0 spiro atoms. The molecule has 1 aliphatic rings. The average Bonchev–Trinajstić information content (AvgIpc) is 2.38. The first-order valence-electron chi connectivity index (χ1n) is 4.71. The van der Waals surface area contributed by atoms with Gasteiger partial charge in [0.1, 0.15) is 0 Å². The zero-order chi connectivity index (χ0) is 10.2. The third-order valence-corrected chi connectivity index (χ3v) is 2.10. The highest BCUT2D eigenvalue weighted by atomic mass is 16.7. The van der Waals surface area contributed by atoms with Crippen molar-refractivity contribution in [2.75, 3.05) is 20.6 Å². The maximum Gasteiger partial charge on any atom is 0.261 e. The maximum atomic E-state index is 5.74. The van der Waals surface area contributed by atoms with Crippen molar-refractivity contribution in [3.63, 3.8) is 0 Å². The summed E-state index contributed by atoms with van der Waals surface area (Å²) in [6, 6.07) is 7.75. The largest absolute Gasteiger partial charge is 0.447 e. The Morgan fingerprint density at radius 2 is 1.64 bits per heavy atom. The molecule has 1 aliphatic heterocycles. The third-order valence-electron chi connectivity index (χ3n) is 2.10. The molecule has 3 heteroatoms. The van der Waals surface area contributed by atoms with Gasteiger partial charge in [-0.15, -0.1) is 0 Å². The van der Waals surface area contributed by atoms with Gasteiger partial charge in [-0.1, -0.05) is 12.1 Å². The van der Waals surface area contributed by atoms with Crippen LogP contribution in [0.15, 0.2) is 24.3 Å². The average molecular weight is 193 g/mol. The second-order valence-corrected chi connectivity index (χ2v) is 4.02. The first-order valence-corrected chi connectivity index (χ1v) is 4.71. The van der Waals surface area contributed by atoms with Crippen LogP contribution in [0.4, 0.5) is 0 Å². The van der Waals surface area contributed by atoms with Crippen molar-refractivity contribution in [3.8, 4) is 11.5 Å². The van der Waals surface area contributed by atoms with Crippen LogP contribution in [0.3, 0.4) is 0 Å². The lowest BCUT2D eigenvalue weighted by atomic mass is 10.3. The highest BCUT2D eigenvalue weighted by molar-refractivity contribution is 5.42. The van der Waals surface area contributed by atoms with E-state index in [-0.39, 0.29) is 0 Å². The SMILES string of the molecule is CN(C)CC1(C)Oc2ccccc2O1. The normalized spacial score (nSPS) is 17.4. The van der Waals surface area contributed by atoms with Crippen LogP contribution in [-0.4, -0.2) is 31.3 Å². The van der Waals surface area contributed by atoms with Gasteiger partial charge in [-0.05, 0) is 26.2 Å². The molecule has 0 fully saturated rings. The Kier molecular flexibility index (Phi) is 2.11. The summed E-state index contributed by atoms with van der Waals surface area (Å²) in [6.45, 7) is 2.69. The molecule has 0 atom stereocenters. The molecule has 0 radical (unpaired) electrons. The Bertz CT molecular complexity index is 311. The van der Waals surface area contributed by atoms with Gasteiger partial charge in [0.25, 0.3) is 5.79 Å². The molecule has 2 rings (SSSR count). The van der Waals surface area contributed by atoms with E-state index in [0.29, 0.717) is 0 Å². The van der Waals surface area contributed by atoms with Crippen LogP contribution in [0, 0.1) is 0 Å². The van der Waals surface area contributed by atoms with E-state index >= 15 is 0 Å². The van der Waals surface area contributed by atoms with Crippen molar-refractivity contribution in [2.24, 2.45) is 0 Å². The summed E-state index contributed by atoms with van der Waals surface area (Å²) < 4.78 is 11.5. The van der Waals surface area contributed by atoms with Crippen LogP contribution < -0.4 is 9.47 Å². The highest BCUT2D eigenvalue weighted by Crippen LogP contribution is 2.38. The number of benzene rings is 1. The molecule has 0 aliphatic carbocycles. The van der Waals surface area contributed by atoms with Crippen LogP contribution in [0.25, 0.3) is 0 Å². The van der Waals surface area contributed by atoms with Crippen molar-refractivity contribution in [1.29, 1.82) is 0 Å². The number of nitrogens with zero attached hydrogens (tertiary/aromatic N) is 1. The predicted octanol–water partition coefficient (Wildman–Crippen LogP) is 1.74. The number of likely N-dealkylation sites (N-methyl/N-ethyl adjacent to an activating group) is 1. The Labute approximate surface area is 84.2 Å². The van der Waals surface area contributed by atoms with Gasteiger partial charge in [-0.2, -0.15) is 0 Å². The highest BCUT2D eigenvalue weighted by Gasteiger charge is 2.36. The van der Waals surface area contributed by atoms with Crippen LogP contribution in [0.5, 0.6) is 11.5 Å². The molecule has 0 amide bonds. The van der Waals surface area contributed by atoms with E-state index in [0.717, 1.165) is 18.0 Å². The fourth-order valence-corrected chi connectivity index (χ4v) is 1.74. The number of ether oxygens (including phenoxy) is 2. The molecule has 1 aromatic carbocycles. The van der Waals surface area contributed by atoms with Gasteiger partial charge in [0.05, 0.1) is 6.54 Å². The molecule has 0 bridgehead atoms. The van der Waals surface area contributed by atoms with Gasteiger partial charge in [-0.25, -0.2) is 0 Å². The van der Waals surface area contributed by atoms with Crippen LogP contribution in [-0.2, 0) is 0 Å². The zero-order valence-corrected chi connectivity index (χ0v) is 8.78. The second-order valence-electron chi connectivity index (χ2n) is 4.02. The number of fused-ring (bicyclic) bond motifs is 1. The Morgan fingerprint density at radius 1 is 1.14 bits per heavy atom. The van der Waals surface area contributed by atoms with E-state index in [1.54, 1.807) is 0 Å². The monoisotopic (exact) mass is 193 g/mol. The minimum Gasteiger partial charge on any atom is -0.447 e. The molecular formula is C11H15NO2. The minimum atomic E-state index is -0.548. The van der Waals surface area contributed by atoms with E-state index < -0.39 is 5.79 Å². The van der Waals surface area contributed by atoms with Gasteiger partial charge >= 0.3 is 0 Å². The Morgan fingerprint density at radius 3 is 2.07 bits per heavy atom. The number of rotatable bonds is 2. The molecule has 0 aromatic heterocycles. The molecule has 0 saturated heterocycles. The van der Waals surface area contributed by atoms with Gasteiger partial charge in [0.2, 0.25) is 0 Å². The lowest BCUT2D eigenvalue weighted by Crippen LogP contribution is -2.44. The molecule has 14 heavy (non-hydrogen) atoms. The molecule has 1 heterocycles. The number of para-hydroxylation sites is 2.